The molecular weight excluding hydrogens is 356 g/mol. The standard InChI is InChI=1S/C22H28N2O4/c1-3-23(4-2)16(25)11-15(12-8-6-5-7-9-12)24-21(27)17-13-10-14-18(17)22(24)28-20(14)19(13)26/h5-9,13-15,17-20,22,26H,3-4,10-11H2,1-2H3. The van der Waals surface area contributed by atoms with Gasteiger partial charge in [-0.2, -0.15) is 0 Å². The summed E-state index contributed by atoms with van der Waals surface area (Å²) in [6.45, 7) is 5.27. The van der Waals surface area contributed by atoms with Crippen LogP contribution < -0.4 is 0 Å². The molecule has 2 saturated carbocycles. The van der Waals surface area contributed by atoms with Crippen molar-refractivity contribution < 1.29 is 19.4 Å². The van der Waals surface area contributed by atoms with Crippen molar-refractivity contribution in [3.05, 3.63) is 35.9 Å². The monoisotopic (exact) mass is 384 g/mol. The minimum Gasteiger partial charge on any atom is -0.390 e. The molecule has 28 heavy (non-hydrogen) atoms. The van der Waals surface area contributed by atoms with Crippen molar-refractivity contribution in [1.29, 1.82) is 0 Å². The molecule has 150 valence electrons. The van der Waals surface area contributed by atoms with Crippen molar-refractivity contribution in [3.63, 3.8) is 0 Å². The van der Waals surface area contributed by atoms with Crippen molar-refractivity contribution in [1.82, 2.24) is 9.80 Å². The summed E-state index contributed by atoms with van der Waals surface area (Å²) >= 11 is 0. The Hall–Kier alpha value is -1.92. The molecule has 6 heteroatoms. The summed E-state index contributed by atoms with van der Waals surface area (Å²) in [6.07, 6.45) is 0.172. The molecule has 2 saturated heterocycles. The van der Waals surface area contributed by atoms with E-state index in [2.05, 4.69) is 0 Å². The van der Waals surface area contributed by atoms with Gasteiger partial charge in [0.25, 0.3) is 0 Å². The smallest absolute Gasteiger partial charge is 0.229 e. The normalized spacial score (nSPS) is 38.3. The van der Waals surface area contributed by atoms with Crippen molar-refractivity contribution in [2.45, 2.75) is 51.2 Å². The number of rotatable bonds is 6. The summed E-state index contributed by atoms with van der Waals surface area (Å²) in [4.78, 5) is 30.1. The first-order chi connectivity index (χ1) is 13.6. The number of aliphatic hydroxyl groups is 1. The van der Waals surface area contributed by atoms with Crippen molar-refractivity contribution >= 4 is 11.8 Å². The number of hydrogen-bond acceptors (Lipinski definition) is 4. The number of carbonyl (C=O) groups excluding carboxylic acids is 2. The predicted molar refractivity (Wildman–Crippen MR) is 102 cm³/mol. The summed E-state index contributed by atoms with van der Waals surface area (Å²) in [7, 11) is 0. The molecule has 5 rings (SSSR count). The predicted octanol–water partition coefficient (Wildman–Crippen LogP) is 1.80. The molecule has 0 spiro atoms. The Balaban J connectivity index is 1.49. The van der Waals surface area contributed by atoms with Crippen LogP contribution in [0.3, 0.4) is 0 Å². The van der Waals surface area contributed by atoms with E-state index in [-0.39, 0.29) is 60.3 Å². The molecular formula is C22H28N2O4. The van der Waals surface area contributed by atoms with Crippen molar-refractivity contribution in [3.8, 4) is 0 Å². The zero-order chi connectivity index (χ0) is 19.6. The van der Waals surface area contributed by atoms with Gasteiger partial charge >= 0.3 is 0 Å². The highest BCUT2D eigenvalue weighted by Gasteiger charge is 2.73. The largest absolute Gasteiger partial charge is 0.390 e. The number of nitrogens with zero attached hydrogens (tertiary/aromatic N) is 2. The lowest BCUT2D eigenvalue weighted by Gasteiger charge is -2.36. The first-order valence-corrected chi connectivity index (χ1v) is 10.5. The van der Waals surface area contributed by atoms with E-state index in [0.29, 0.717) is 13.1 Å². The molecule has 8 atom stereocenters. The number of benzene rings is 1. The van der Waals surface area contributed by atoms with Crippen LogP contribution in [0.25, 0.3) is 0 Å². The summed E-state index contributed by atoms with van der Waals surface area (Å²) < 4.78 is 6.25. The van der Waals surface area contributed by atoms with Gasteiger partial charge in [0, 0.05) is 19.0 Å². The summed E-state index contributed by atoms with van der Waals surface area (Å²) in [5, 5.41) is 10.5. The summed E-state index contributed by atoms with van der Waals surface area (Å²) in [5.74, 6) is 0.416. The fourth-order valence-corrected chi connectivity index (χ4v) is 6.34. The first kappa shape index (κ1) is 18.1. The van der Waals surface area contributed by atoms with E-state index in [1.807, 2.05) is 54.0 Å². The Morgan fingerprint density at radius 3 is 2.64 bits per heavy atom. The van der Waals surface area contributed by atoms with Crippen LogP contribution in [0.2, 0.25) is 0 Å². The van der Waals surface area contributed by atoms with Crippen molar-refractivity contribution in [2.24, 2.45) is 23.7 Å². The van der Waals surface area contributed by atoms with Crippen LogP contribution in [0.4, 0.5) is 0 Å². The van der Waals surface area contributed by atoms with Crippen LogP contribution in [-0.4, -0.2) is 58.2 Å². The second-order valence-corrected chi connectivity index (χ2v) is 8.59. The Bertz CT molecular complexity index is 780. The van der Waals surface area contributed by atoms with E-state index in [9.17, 15) is 14.7 Å². The maximum Gasteiger partial charge on any atom is 0.229 e. The Morgan fingerprint density at radius 2 is 1.96 bits per heavy atom. The molecule has 1 aromatic rings. The van der Waals surface area contributed by atoms with E-state index in [1.54, 1.807) is 0 Å². The molecule has 2 aliphatic heterocycles. The van der Waals surface area contributed by atoms with Crippen LogP contribution in [-0.2, 0) is 14.3 Å². The zero-order valence-electron chi connectivity index (χ0n) is 16.4. The maximum absolute atomic E-state index is 13.5. The number of amides is 2. The second kappa shape index (κ2) is 6.56. The second-order valence-electron chi connectivity index (χ2n) is 8.59. The van der Waals surface area contributed by atoms with Crippen LogP contribution in [0.5, 0.6) is 0 Å². The minimum absolute atomic E-state index is 0.0115. The number of ether oxygens (including phenoxy) is 1. The molecule has 0 radical (unpaired) electrons. The van der Waals surface area contributed by atoms with E-state index in [1.165, 1.54) is 0 Å². The molecule has 1 N–H and O–H groups in total. The Kier molecular flexibility index (Phi) is 4.25. The number of carbonyl (C=O) groups is 2. The number of aliphatic hydroxyl groups excluding tert-OH is 1. The fraction of sp³-hybridized carbons (Fsp3) is 0.636. The fourth-order valence-electron chi connectivity index (χ4n) is 6.34. The zero-order valence-corrected chi connectivity index (χ0v) is 16.4. The van der Waals surface area contributed by atoms with Gasteiger partial charge < -0.3 is 19.6 Å². The van der Waals surface area contributed by atoms with Crippen LogP contribution in [0, 0.1) is 23.7 Å². The highest BCUT2D eigenvalue weighted by molar-refractivity contribution is 5.85. The molecule has 4 fully saturated rings. The van der Waals surface area contributed by atoms with Gasteiger partial charge in [-0.3, -0.25) is 9.59 Å². The topological polar surface area (TPSA) is 70.1 Å². The van der Waals surface area contributed by atoms with Gasteiger partial charge in [0.05, 0.1) is 30.6 Å². The van der Waals surface area contributed by atoms with E-state index < -0.39 is 6.10 Å². The van der Waals surface area contributed by atoms with Gasteiger partial charge in [-0.1, -0.05) is 30.3 Å². The van der Waals surface area contributed by atoms with Crippen LogP contribution in [0.15, 0.2) is 30.3 Å². The molecule has 2 heterocycles. The van der Waals surface area contributed by atoms with Gasteiger partial charge in [-0.05, 0) is 37.7 Å². The lowest BCUT2D eigenvalue weighted by Crippen LogP contribution is -2.46. The minimum atomic E-state index is -0.519. The molecule has 8 unspecified atom stereocenters. The number of likely N-dealkylation sites (tertiary alicyclic amines) is 1. The van der Waals surface area contributed by atoms with E-state index >= 15 is 0 Å². The SMILES string of the molecule is CCN(CC)C(=O)CC(c1ccccc1)N1C(=O)C2C3CC4C(OC1C42)C3O. The quantitative estimate of drug-likeness (QED) is 0.812. The number of fused-ring (bicyclic) bond motifs is 2. The summed E-state index contributed by atoms with van der Waals surface area (Å²) in [6, 6.07) is 9.50. The molecule has 2 aliphatic carbocycles. The molecule has 2 amide bonds. The summed E-state index contributed by atoms with van der Waals surface area (Å²) in [5.41, 5.74) is 0.970. The van der Waals surface area contributed by atoms with E-state index in [0.717, 1.165) is 12.0 Å². The van der Waals surface area contributed by atoms with Gasteiger partial charge in [-0.25, -0.2) is 0 Å². The maximum atomic E-state index is 13.5. The average molecular weight is 384 g/mol. The van der Waals surface area contributed by atoms with Gasteiger partial charge in [0.2, 0.25) is 11.8 Å². The molecule has 2 bridgehead atoms. The Morgan fingerprint density at radius 1 is 1.25 bits per heavy atom. The Labute approximate surface area is 165 Å². The lowest BCUT2D eigenvalue weighted by atomic mass is 9.80. The van der Waals surface area contributed by atoms with Gasteiger partial charge in [-0.15, -0.1) is 0 Å². The highest BCUT2D eigenvalue weighted by Crippen LogP contribution is 2.64. The van der Waals surface area contributed by atoms with Gasteiger partial charge in [0.15, 0.2) is 0 Å². The lowest BCUT2D eigenvalue weighted by molar-refractivity contribution is -0.157. The molecule has 6 nitrogen and oxygen atoms in total. The molecule has 0 aromatic heterocycles. The molecule has 4 aliphatic rings. The third-order valence-corrected chi connectivity index (χ3v) is 7.56. The van der Waals surface area contributed by atoms with Gasteiger partial charge in [0.1, 0.15) is 6.23 Å². The third-order valence-electron chi connectivity index (χ3n) is 7.56. The number of hydrogen-bond donors (Lipinski definition) is 1. The van der Waals surface area contributed by atoms with Crippen molar-refractivity contribution in [2.75, 3.05) is 13.1 Å². The van der Waals surface area contributed by atoms with E-state index in [4.69, 9.17) is 4.74 Å². The van der Waals surface area contributed by atoms with Crippen LogP contribution in [0.1, 0.15) is 38.3 Å². The van der Waals surface area contributed by atoms with Crippen LogP contribution >= 0.6 is 0 Å². The third kappa shape index (κ3) is 2.34. The average Bonchev–Trinajstić information content (AvgIpc) is 3.39. The molecule has 1 aromatic carbocycles. The highest BCUT2D eigenvalue weighted by atomic mass is 16.5. The first-order valence-electron chi connectivity index (χ1n) is 10.5.